The molecule has 27 heavy (non-hydrogen) atoms. The Morgan fingerprint density at radius 2 is 1.67 bits per heavy atom. The highest BCUT2D eigenvalue weighted by atomic mass is 16.3. The average molecular weight is 370 g/mol. The number of carbonyl (C=O) groups is 1. The minimum atomic E-state index is -0.348. The van der Waals surface area contributed by atoms with Gasteiger partial charge in [0.25, 0.3) is 0 Å². The maximum atomic E-state index is 13.1. The van der Waals surface area contributed by atoms with E-state index < -0.39 is 0 Å². The molecule has 4 heteroatoms. The minimum Gasteiger partial charge on any atom is -0.393 e. The van der Waals surface area contributed by atoms with E-state index in [1.807, 2.05) is 4.90 Å². The predicted molar refractivity (Wildman–Crippen MR) is 103 cm³/mol. The first-order valence-corrected chi connectivity index (χ1v) is 10.6. The fraction of sp³-hybridized carbons (Fsp3) is 0.696. The van der Waals surface area contributed by atoms with Gasteiger partial charge in [0.2, 0.25) is 5.91 Å². The monoisotopic (exact) mass is 369 g/mol. The van der Waals surface area contributed by atoms with Crippen molar-refractivity contribution in [2.75, 3.05) is 13.1 Å². The molecule has 1 heterocycles. The summed E-state index contributed by atoms with van der Waals surface area (Å²) in [7, 11) is 0. The van der Waals surface area contributed by atoms with Crippen molar-refractivity contribution in [2.24, 2.45) is 23.7 Å². The molecule has 5 aliphatic rings. The number of aryl methyl sites for hydroxylation is 2. The van der Waals surface area contributed by atoms with Crippen LogP contribution in [0.4, 0.5) is 0 Å². The van der Waals surface area contributed by atoms with Gasteiger partial charge in [0.15, 0.2) is 0 Å². The number of hydrogen-bond acceptors (Lipinski definition) is 3. The van der Waals surface area contributed by atoms with Gasteiger partial charge in [-0.05, 0) is 74.3 Å². The molecular weight excluding hydrogens is 338 g/mol. The summed E-state index contributed by atoms with van der Waals surface area (Å²) >= 11 is 0. The molecule has 6 rings (SSSR count). The molecule has 0 spiro atoms. The highest BCUT2D eigenvalue weighted by molar-refractivity contribution is 5.79. The van der Waals surface area contributed by atoms with Crippen LogP contribution in [0.1, 0.15) is 48.8 Å². The van der Waals surface area contributed by atoms with Crippen molar-refractivity contribution >= 4 is 5.91 Å². The minimum absolute atomic E-state index is 0.0947. The standard InChI is InChI=1S/C23H31NO3/c1-13-3-4-20(14(2)5-13)23(10-21(26)24-11-19(25)12-24)17-6-15-7-18(23)9-16(8-17)22(15)27/h3-5,15-19,22,25,27H,6-12H2,1-2H3. The number of nitrogens with zero attached hydrogens (tertiary/aromatic N) is 1. The molecule has 2 N–H and O–H groups in total. The lowest BCUT2D eigenvalue weighted by atomic mass is 9.42. The third-order valence-corrected chi connectivity index (χ3v) is 8.31. The van der Waals surface area contributed by atoms with Crippen LogP contribution in [-0.2, 0) is 10.2 Å². The molecule has 0 aromatic heterocycles. The predicted octanol–water partition coefficient (Wildman–Crippen LogP) is 2.56. The summed E-state index contributed by atoms with van der Waals surface area (Å²) in [5.74, 6) is 2.02. The largest absolute Gasteiger partial charge is 0.393 e. The van der Waals surface area contributed by atoms with E-state index in [1.54, 1.807) is 0 Å². The van der Waals surface area contributed by atoms with Crippen molar-refractivity contribution < 1.29 is 15.0 Å². The number of carbonyl (C=O) groups excluding carboxylic acids is 1. The first-order valence-electron chi connectivity index (χ1n) is 10.6. The fourth-order valence-corrected chi connectivity index (χ4v) is 7.14. The van der Waals surface area contributed by atoms with Gasteiger partial charge in [0.05, 0.1) is 12.2 Å². The number of aliphatic hydroxyl groups is 2. The van der Waals surface area contributed by atoms with Crippen LogP contribution in [0, 0.1) is 37.5 Å². The lowest BCUT2D eigenvalue weighted by molar-refractivity contribution is -0.158. The second kappa shape index (κ2) is 6.05. The third-order valence-electron chi connectivity index (χ3n) is 8.31. The van der Waals surface area contributed by atoms with Crippen LogP contribution in [-0.4, -0.2) is 46.3 Å². The number of amides is 1. The number of hydrogen-bond donors (Lipinski definition) is 2. The van der Waals surface area contributed by atoms with Gasteiger partial charge in [-0.25, -0.2) is 0 Å². The molecule has 4 saturated carbocycles. The summed E-state index contributed by atoms with van der Waals surface area (Å²) in [6.45, 7) is 5.30. The van der Waals surface area contributed by atoms with Gasteiger partial charge in [-0.2, -0.15) is 0 Å². The maximum Gasteiger partial charge on any atom is 0.223 e. The smallest absolute Gasteiger partial charge is 0.223 e. The van der Waals surface area contributed by atoms with Crippen LogP contribution >= 0.6 is 0 Å². The van der Waals surface area contributed by atoms with E-state index in [1.165, 1.54) is 16.7 Å². The van der Waals surface area contributed by atoms with Crippen LogP contribution in [0.5, 0.6) is 0 Å². The van der Waals surface area contributed by atoms with Gasteiger partial charge in [-0.1, -0.05) is 23.8 Å². The van der Waals surface area contributed by atoms with E-state index in [4.69, 9.17) is 0 Å². The SMILES string of the molecule is Cc1ccc(C2(CC(=O)N3CC(O)C3)C3CC4CC2CC(C3)C4O)c(C)c1. The van der Waals surface area contributed by atoms with Crippen molar-refractivity contribution in [3.05, 3.63) is 34.9 Å². The van der Waals surface area contributed by atoms with Gasteiger partial charge in [0, 0.05) is 24.9 Å². The van der Waals surface area contributed by atoms with E-state index in [0.29, 0.717) is 43.2 Å². The zero-order chi connectivity index (χ0) is 18.9. The Kier molecular flexibility index (Phi) is 3.97. The lowest BCUT2D eigenvalue weighted by Crippen LogP contribution is -2.62. The van der Waals surface area contributed by atoms with Crippen molar-refractivity contribution in [1.29, 1.82) is 0 Å². The topological polar surface area (TPSA) is 60.8 Å². The Bertz CT molecular complexity index is 737. The Hall–Kier alpha value is -1.39. The molecule has 1 aromatic rings. The second-order valence-corrected chi connectivity index (χ2v) is 9.84. The quantitative estimate of drug-likeness (QED) is 0.861. The molecular formula is C23H31NO3. The van der Waals surface area contributed by atoms with Crippen molar-refractivity contribution in [3.63, 3.8) is 0 Å². The lowest BCUT2D eigenvalue weighted by Gasteiger charge is -2.63. The van der Waals surface area contributed by atoms with Crippen molar-refractivity contribution in [3.8, 4) is 0 Å². The molecule has 1 aliphatic heterocycles. The number of rotatable bonds is 3. The first-order chi connectivity index (χ1) is 12.9. The Balaban J connectivity index is 1.55. The van der Waals surface area contributed by atoms with E-state index in [-0.39, 0.29) is 23.5 Å². The molecule has 1 saturated heterocycles. The molecule has 4 nitrogen and oxygen atoms in total. The summed E-state index contributed by atoms with van der Waals surface area (Å²) in [4.78, 5) is 15.0. The zero-order valence-electron chi connectivity index (χ0n) is 16.4. The summed E-state index contributed by atoms with van der Waals surface area (Å²) in [6.07, 6.45) is 4.30. The van der Waals surface area contributed by atoms with Crippen molar-refractivity contribution in [1.82, 2.24) is 4.90 Å². The van der Waals surface area contributed by atoms with Crippen LogP contribution in [0.15, 0.2) is 18.2 Å². The number of β-amino-alcohol motifs (C(OH)–C–C–N with tert-alkyl or cyclic N) is 1. The normalized spacial score (nSPS) is 40.3. The second-order valence-electron chi connectivity index (χ2n) is 9.84. The van der Waals surface area contributed by atoms with Gasteiger partial charge >= 0.3 is 0 Å². The Morgan fingerprint density at radius 3 is 2.19 bits per heavy atom. The average Bonchev–Trinajstić information content (AvgIpc) is 2.57. The number of aliphatic hydroxyl groups excluding tert-OH is 2. The van der Waals surface area contributed by atoms with E-state index in [2.05, 4.69) is 32.0 Å². The van der Waals surface area contributed by atoms with E-state index >= 15 is 0 Å². The third kappa shape index (κ3) is 2.52. The molecule has 1 aromatic carbocycles. The molecule has 0 atom stereocenters. The Labute approximate surface area is 161 Å². The highest BCUT2D eigenvalue weighted by Crippen LogP contribution is 2.64. The van der Waals surface area contributed by atoms with E-state index in [0.717, 1.165) is 25.7 Å². The van der Waals surface area contributed by atoms with Gasteiger partial charge < -0.3 is 15.1 Å². The van der Waals surface area contributed by atoms with Crippen LogP contribution in [0.2, 0.25) is 0 Å². The number of likely N-dealkylation sites (tertiary alicyclic amines) is 1. The van der Waals surface area contributed by atoms with Gasteiger partial charge in [-0.3, -0.25) is 4.79 Å². The van der Waals surface area contributed by atoms with Crippen molar-refractivity contribution in [2.45, 2.75) is 63.6 Å². The molecule has 4 aliphatic carbocycles. The molecule has 0 radical (unpaired) electrons. The molecule has 1 amide bonds. The number of benzene rings is 1. The zero-order valence-corrected chi connectivity index (χ0v) is 16.4. The molecule has 4 bridgehead atoms. The van der Waals surface area contributed by atoms with Crippen LogP contribution < -0.4 is 0 Å². The van der Waals surface area contributed by atoms with E-state index in [9.17, 15) is 15.0 Å². The molecule has 0 unspecified atom stereocenters. The van der Waals surface area contributed by atoms with Crippen LogP contribution in [0.3, 0.4) is 0 Å². The van der Waals surface area contributed by atoms with Gasteiger partial charge in [0.1, 0.15) is 0 Å². The fourth-order valence-electron chi connectivity index (χ4n) is 7.14. The highest BCUT2D eigenvalue weighted by Gasteiger charge is 2.61. The maximum absolute atomic E-state index is 13.1. The molecule has 5 fully saturated rings. The van der Waals surface area contributed by atoms with Crippen LogP contribution in [0.25, 0.3) is 0 Å². The first kappa shape index (κ1) is 17.7. The molecule has 146 valence electrons. The summed E-state index contributed by atoms with van der Waals surface area (Å²) in [5, 5.41) is 20.2. The summed E-state index contributed by atoms with van der Waals surface area (Å²) in [5.41, 5.74) is 3.84. The summed E-state index contributed by atoms with van der Waals surface area (Å²) < 4.78 is 0. The van der Waals surface area contributed by atoms with Gasteiger partial charge in [-0.15, -0.1) is 0 Å². The summed E-state index contributed by atoms with van der Waals surface area (Å²) in [6, 6.07) is 6.73. The Morgan fingerprint density at radius 1 is 1.07 bits per heavy atom.